The highest BCUT2D eigenvalue weighted by Gasteiger charge is 2.11. The maximum absolute atomic E-state index is 8.76. The summed E-state index contributed by atoms with van der Waals surface area (Å²) in [6, 6.07) is 3.58. The fourth-order valence-corrected chi connectivity index (χ4v) is 1.26. The van der Waals surface area contributed by atoms with E-state index in [1.807, 2.05) is 6.07 Å². The SMILES string of the molecule is CCCCNc1nc(C#N)c(C#N)nc1Cl. The predicted octanol–water partition coefficient (Wildman–Crippen LogP) is 2.09. The van der Waals surface area contributed by atoms with E-state index >= 15 is 0 Å². The highest BCUT2D eigenvalue weighted by molar-refractivity contribution is 6.31. The third-order valence-corrected chi connectivity index (χ3v) is 2.15. The first kappa shape index (κ1) is 12.2. The fraction of sp³-hybridized carbons (Fsp3) is 0.400. The zero-order valence-electron chi connectivity index (χ0n) is 8.79. The molecule has 0 saturated carbocycles. The van der Waals surface area contributed by atoms with Crippen molar-refractivity contribution in [3.63, 3.8) is 0 Å². The zero-order valence-corrected chi connectivity index (χ0v) is 9.54. The van der Waals surface area contributed by atoms with Crippen molar-refractivity contribution in [1.82, 2.24) is 9.97 Å². The Hall–Kier alpha value is -1.85. The molecule has 0 aliphatic heterocycles. The number of nitriles is 2. The highest BCUT2D eigenvalue weighted by Crippen LogP contribution is 2.18. The van der Waals surface area contributed by atoms with Crippen LogP contribution in [0, 0.1) is 22.7 Å². The van der Waals surface area contributed by atoms with Crippen LogP contribution < -0.4 is 5.32 Å². The molecule has 0 atom stereocenters. The molecule has 0 aromatic carbocycles. The lowest BCUT2D eigenvalue weighted by atomic mass is 10.3. The fourth-order valence-electron chi connectivity index (χ4n) is 1.07. The molecule has 5 nitrogen and oxygen atoms in total. The second-order valence-electron chi connectivity index (χ2n) is 3.06. The Morgan fingerprint density at radius 1 is 1.25 bits per heavy atom. The Kier molecular flexibility index (Phi) is 4.50. The van der Waals surface area contributed by atoms with Gasteiger partial charge in [0.15, 0.2) is 22.4 Å². The van der Waals surface area contributed by atoms with E-state index in [9.17, 15) is 0 Å². The highest BCUT2D eigenvalue weighted by atomic mass is 35.5. The van der Waals surface area contributed by atoms with Gasteiger partial charge in [0.05, 0.1) is 0 Å². The molecule has 1 heterocycles. The van der Waals surface area contributed by atoms with Gasteiger partial charge in [-0.2, -0.15) is 10.5 Å². The summed E-state index contributed by atoms with van der Waals surface area (Å²) in [6.45, 7) is 2.77. The Labute approximate surface area is 98.7 Å². The third-order valence-electron chi connectivity index (χ3n) is 1.89. The van der Waals surface area contributed by atoms with Gasteiger partial charge in [0.2, 0.25) is 0 Å². The lowest BCUT2D eigenvalue weighted by molar-refractivity contribution is 0.829. The van der Waals surface area contributed by atoms with Crippen LogP contribution in [0.25, 0.3) is 0 Å². The average molecular weight is 236 g/mol. The summed E-state index contributed by atoms with van der Waals surface area (Å²) in [5.41, 5.74) is -0.0561. The molecule has 0 amide bonds. The number of hydrogen-bond donors (Lipinski definition) is 1. The summed E-state index contributed by atoms with van der Waals surface area (Å²) in [4.78, 5) is 7.74. The Balaban J connectivity index is 2.95. The minimum absolute atomic E-state index is 0.00843. The smallest absolute Gasteiger partial charge is 0.179 e. The molecule has 0 radical (unpaired) electrons. The summed E-state index contributed by atoms with van der Waals surface area (Å²) >= 11 is 5.82. The summed E-state index contributed by atoms with van der Waals surface area (Å²) in [7, 11) is 0. The normalized spacial score (nSPS) is 9.25. The molecular formula is C10H10ClN5. The van der Waals surface area contributed by atoms with Gasteiger partial charge in [0, 0.05) is 6.54 Å². The Morgan fingerprint density at radius 2 is 1.88 bits per heavy atom. The van der Waals surface area contributed by atoms with Crippen LogP contribution in [0.5, 0.6) is 0 Å². The standard InChI is InChI=1S/C10H10ClN5/c1-2-3-4-14-10-9(11)15-7(5-12)8(6-13)16-10/h2-4H2,1H3,(H,14,16). The van der Waals surface area contributed by atoms with Gasteiger partial charge < -0.3 is 5.32 Å². The molecule has 1 aromatic heterocycles. The Bertz CT molecular complexity index is 458. The molecule has 0 fully saturated rings. The summed E-state index contributed by atoms with van der Waals surface area (Å²) in [5, 5.41) is 20.5. The zero-order chi connectivity index (χ0) is 12.0. The van der Waals surface area contributed by atoms with Gasteiger partial charge in [-0.25, -0.2) is 9.97 Å². The molecule has 0 saturated heterocycles. The van der Waals surface area contributed by atoms with Crippen LogP contribution in [-0.2, 0) is 0 Å². The molecule has 0 spiro atoms. The average Bonchev–Trinajstić information content (AvgIpc) is 2.31. The molecular weight excluding hydrogens is 226 g/mol. The van der Waals surface area contributed by atoms with Crippen molar-refractivity contribution in [2.75, 3.05) is 11.9 Å². The van der Waals surface area contributed by atoms with Crippen LogP contribution in [0.2, 0.25) is 5.15 Å². The van der Waals surface area contributed by atoms with Crippen LogP contribution in [0.1, 0.15) is 31.2 Å². The molecule has 82 valence electrons. The number of unbranched alkanes of at least 4 members (excludes halogenated alkanes) is 1. The van der Waals surface area contributed by atoms with Crippen molar-refractivity contribution in [2.24, 2.45) is 0 Å². The van der Waals surface area contributed by atoms with Gasteiger partial charge in [-0.3, -0.25) is 0 Å². The van der Waals surface area contributed by atoms with E-state index in [1.54, 1.807) is 6.07 Å². The van der Waals surface area contributed by atoms with Crippen LogP contribution in [0.4, 0.5) is 5.82 Å². The van der Waals surface area contributed by atoms with Crippen LogP contribution in [-0.4, -0.2) is 16.5 Å². The van der Waals surface area contributed by atoms with Crippen LogP contribution >= 0.6 is 11.6 Å². The number of aromatic nitrogens is 2. The molecule has 6 heteroatoms. The van der Waals surface area contributed by atoms with Gasteiger partial charge in [0.1, 0.15) is 12.1 Å². The van der Waals surface area contributed by atoms with Gasteiger partial charge in [0.25, 0.3) is 0 Å². The van der Waals surface area contributed by atoms with Crippen molar-refractivity contribution in [3.05, 3.63) is 16.5 Å². The minimum Gasteiger partial charge on any atom is -0.367 e. The first-order valence-corrected chi connectivity index (χ1v) is 5.22. The van der Waals surface area contributed by atoms with Crippen molar-refractivity contribution in [1.29, 1.82) is 10.5 Å². The molecule has 0 unspecified atom stereocenters. The van der Waals surface area contributed by atoms with E-state index in [0.717, 1.165) is 12.8 Å². The minimum atomic E-state index is -0.0476. The Morgan fingerprint density at radius 3 is 2.44 bits per heavy atom. The second-order valence-corrected chi connectivity index (χ2v) is 3.42. The van der Waals surface area contributed by atoms with E-state index in [4.69, 9.17) is 22.1 Å². The lowest BCUT2D eigenvalue weighted by Crippen LogP contribution is -2.07. The van der Waals surface area contributed by atoms with Gasteiger partial charge >= 0.3 is 0 Å². The van der Waals surface area contributed by atoms with Crippen molar-refractivity contribution in [2.45, 2.75) is 19.8 Å². The quantitative estimate of drug-likeness (QED) is 0.808. The first-order chi connectivity index (χ1) is 7.72. The van der Waals surface area contributed by atoms with Crippen molar-refractivity contribution >= 4 is 17.4 Å². The third kappa shape index (κ3) is 2.82. The number of anilines is 1. The topological polar surface area (TPSA) is 85.4 Å². The molecule has 16 heavy (non-hydrogen) atoms. The maximum atomic E-state index is 8.76. The maximum Gasteiger partial charge on any atom is 0.179 e. The number of hydrogen-bond acceptors (Lipinski definition) is 5. The molecule has 1 rings (SSSR count). The number of nitrogens with zero attached hydrogens (tertiary/aromatic N) is 4. The van der Waals surface area contributed by atoms with Crippen molar-refractivity contribution < 1.29 is 0 Å². The van der Waals surface area contributed by atoms with E-state index < -0.39 is 0 Å². The second kappa shape index (κ2) is 5.89. The molecule has 0 aliphatic carbocycles. The number of nitrogens with one attached hydrogen (secondary N) is 1. The van der Waals surface area contributed by atoms with E-state index in [1.165, 1.54) is 0 Å². The van der Waals surface area contributed by atoms with Crippen molar-refractivity contribution in [3.8, 4) is 12.1 Å². The monoisotopic (exact) mass is 235 g/mol. The van der Waals surface area contributed by atoms with Gasteiger partial charge in [-0.15, -0.1) is 0 Å². The number of rotatable bonds is 4. The molecule has 0 aliphatic rings. The molecule has 1 N–H and O–H groups in total. The summed E-state index contributed by atoms with van der Waals surface area (Å²) in [6.07, 6.45) is 2.01. The lowest BCUT2D eigenvalue weighted by Gasteiger charge is -2.06. The summed E-state index contributed by atoms with van der Waals surface area (Å²) < 4.78 is 0. The van der Waals surface area contributed by atoms with E-state index in [0.29, 0.717) is 12.4 Å². The van der Waals surface area contributed by atoms with E-state index in [2.05, 4.69) is 22.2 Å². The molecule has 1 aromatic rings. The molecule has 0 bridgehead atoms. The first-order valence-electron chi connectivity index (χ1n) is 4.84. The van der Waals surface area contributed by atoms with E-state index in [-0.39, 0.29) is 16.5 Å². The van der Waals surface area contributed by atoms with Gasteiger partial charge in [-0.05, 0) is 6.42 Å². The van der Waals surface area contributed by atoms with Gasteiger partial charge in [-0.1, -0.05) is 24.9 Å². The number of halogens is 1. The summed E-state index contributed by atoms with van der Waals surface area (Å²) in [5.74, 6) is 0.352. The van der Waals surface area contributed by atoms with Crippen LogP contribution in [0.3, 0.4) is 0 Å². The van der Waals surface area contributed by atoms with Crippen LogP contribution in [0.15, 0.2) is 0 Å². The largest absolute Gasteiger partial charge is 0.367 e. The predicted molar refractivity (Wildman–Crippen MR) is 59.9 cm³/mol.